The lowest BCUT2D eigenvalue weighted by atomic mass is 10.1. The van der Waals surface area contributed by atoms with Crippen LogP contribution in [0.3, 0.4) is 0 Å². The van der Waals surface area contributed by atoms with Crippen LogP contribution in [0.25, 0.3) is 0 Å². The molecule has 0 spiro atoms. The molecule has 21 heavy (non-hydrogen) atoms. The van der Waals surface area contributed by atoms with E-state index in [4.69, 9.17) is 21.1 Å². The van der Waals surface area contributed by atoms with Gasteiger partial charge in [-0.2, -0.15) is 0 Å². The van der Waals surface area contributed by atoms with Crippen LogP contribution in [0.2, 0.25) is 5.02 Å². The zero-order valence-corrected chi connectivity index (χ0v) is 14.0. The van der Waals surface area contributed by atoms with Crippen LogP contribution in [0.4, 0.5) is 0 Å². The Morgan fingerprint density at radius 3 is 2.76 bits per heavy atom. The Hall–Kier alpha value is -0.610. The highest BCUT2D eigenvalue weighted by Gasteiger charge is 2.22. The Morgan fingerprint density at radius 2 is 2.14 bits per heavy atom. The van der Waals surface area contributed by atoms with Gasteiger partial charge >= 0.3 is 0 Å². The molecule has 1 heterocycles. The average molecular weight is 312 g/mol. The van der Waals surface area contributed by atoms with Crippen molar-refractivity contribution < 1.29 is 9.47 Å². The summed E-state index contributed by atoms with van der Waals surface area (Å²) in [4.78, 5) is 0. The van der Waals surface area contributed by atoms with E-state index in [1.54, 1.807) is 0 Å². The molecule has 1 N–H and O–H groups in total. The summed E-state index contributed by atoms with van der Waals surface area (Å²) in [5.74, 6) is 0. The van der Waals surface area contributed by atoms with Gasteiger partial charge in [-0.05, 0) is 39.7 Å². The smallest absolute Gasteiger partial charge is 0.0965 e. The van der Waals surface area contributed by atoms with Crippen molar-refractivity contribution in [2.75, 3.05) is 19.8 Å². The zero-order valence-electron chi connectivity index (χ0n) is 13.2. The SMILES string of the molecule is CC(C)(C)NCC(OCC1CCCO1)c1ccccc1Cl. The van der Waals surface area contributed by atoms with Gasteiger partial charge in [0.25, 0.3) is 0 Å². The van der Waals surface area contributed by atoms with E-state index in [1.165, 1.54) is 0 Å². The lowest BCUT2D eigenvalue weighted by Gasteiger charge is -2.27. The van der Waals surface area contributed by atoms with E-state index in [0.717, 1.165) is 36.6 Å². The maximum atomic E-state index is 6.33. The van der Waals surface area contributed by atoms with Crippen LogP contribution >= 0.6 is 11.6 Å². The van der Waals surface area contributed by atoms with Gasteiger partial charge < -0.3 is 14.8 Å². The van der Waals surface area contributed by atoms with Crippen molar-refractivity contribution in [2.45, 2.75) is 51.4 Å². The van der Waals surface area contributed by atoms with E-state index in [9.17, 15) is 0 Å². The minimum Gasteiger partial charge on any atom is -0.376 e. The van der Waals surface area contributed by atoms with Crippen LogP contribution in [0, 0.1) is 0 Å². The maximum Gasteiger partial charge on any atom is 0.0965 e. The number of nitrogens with one attached hydrogen (secondary N) is 1. The average Bonchev–Trinajstić information content (AvgIpc) is 2.92. The van der Waals surface area contributed by atoms with E-state index in [0.29, 0.717) is 6.61 Å². The highest BCUT2D eigenvalue weighted by molar-refractivity contribution is 6.31. The second kappa shape index (κ2) is 7.59. The number of hydrogen-bond donors (Lipinski definition) is 1. The first-order valence-electron chi connectivity index (χ1n) is 7.68. The fourth-order valence-corrected chi connectivity index (χ4v) is 2.65. The molecule has 0 radical (unpaired) electrons. The predicted molar refractivity (Wildman–Crippen MR) is 86.9 cm³/mol. The molecule has 2 atom stereocenters. The summed E-state index contributed by atoms with van der Waals surface area (Å²) in [7, 11) is 0. The molecule has 118 valence electrons. The highest BCUT2D eigenvalue weighted by atomic mass is 35.5. The minimum atomic E-state index is -0.0536. The Labute approximate surface area is 133 Å². The molecule has 0 aromatic heterocycles. The normalized spacial score (nSPS) is 20.7. The molecule has 2 rings (SSSR count). The second-order valence-electron chi connectivity index (χ2n) is 6.61. The minimum absolute atomic E-state index is 0.0483. The van der Waals surface area contributed by atoms with Gasteiger partial charge in [0.15, 0.2) is 0 Å². The van der Waals surface area contributed by atoms with Gasteiger partial charge in [0.1, 0.15) is 0 Å². The van der Waals surface area contributed by atoms with E-state index in [-0.39, 0.29) is 17.7 Å². The molecular weight excluding hydrogens is 286 g/mol. The second-order valence-corrected chi connectivity index (χ2v) is 7.02. The molecule has 0 amide bonds. The quantitative estimate of drug-likeness (QED) is 0.862. The third-order valence-corrected chi connectivity index (χ3v) is 3.92. The lowest BCUT2D eigenvalue weighted by molar-refractivity contribution is -0.0226. The van der Waals surface area contributed by atoms with Crippen LogP contribution in [-0.2, 0) is 9.47 Å². The molecule has 1 aromatic carbocycles. The molecule has 3 nitrogen and oxygen atoms in total. The van der Waals surface area contributed by atoms with Crippen molar-refractivity contribution in [1.82, 2.24) is 5.32 Å². The van der Waals surface area contributed by atoms with Crippen LogP contribution in [0.1, 0.15) is 45.3 Å². The van der Waals surface area contributed by atoms with Gasteiger partial charge in [-0.15, -0.1) is 0 Å². The summed E-state index contributed by atoms with van der Waals surface area (Å²) in [5.41, 5.74) is 1.08. The number of benzene rings is 1. The summed E-state index contributed by atoms with van der Waals surface area (Å²) in [6.07, 6.45) is 2.39. The van der Waals surface area contributed by atoms with Gasteiger partial charge in [-0.3, -0.25) is 0 Å². The van der Waals surface area contributed by atoms with Gasteiger partial charge in [0.05, 0.1) is 18.8 Å². The molecule has 0 aliphatic carbocycles. The summed E-state index contributed by atoms with van der Waals surface area (Å²) in [5, 5.41) is 4.25. The third kappa shape index (κ3) is 5.59. The molecule has 1 aliphatic rings. The number of halogens is 1. The van der Waals surface area contributed by atoms with Crippen molar-refractivity contribution in [2.24, 2.45) is 0 Å². The Bertz CT molecular complexity index is 439. The van der Waals surface area contributed by atoms with Crippen molar-refractivity contribution in [3.05, 3.63) is 34.9 Å². The number of ether oxygens (including phenoxy) is 2. The predicted octanol–water partition coefficient (Wildman–Crippen LogP) is 3.96. The molecule has 1 aromatic rings. The maximum absolute atomic E-state index is 6.33. The lowest BCUT2D eigenvalue weighted by Crippen LogP contribution is -2.39. The largest absolute Gasteiger partial charge is 0.376 e. The fraction of sp³-hybridized carbons (Fsp3) is 0.647. The van der Waals surface area contributed by atoms with Crippen molar-refractivity contribution in [1.29, 1.82) is 0 Å². The summed E-state index contributed by atoms with van der Waals surface area (Å²) >= 11 is 6.33. The van der Waals surface area contributed by atoms with Gasteiger partial charge in [-0.25, -0.2) is 0 Å². The summed E-state index contributed by atoms with van der Waals surface area (Å²) < 4.78 is 11.8. The monoisotopic (exact) mass is 311 g/mol. The zero-order chi connectivity index (χ0) is 15.3. The molecule has 2 unspecified atom stereocenters. The third-order valence-electron chi connectivity index (χ3n) is 3.58. The van der Waals surface area contributed by atoms with Gasteiger partial charge in [-0.1, -0.05) is 29.8 Å². The molecule has 0 saturated carbocycles. The van der Waals surface area contributed by atoms with Crippen LogP contribution in [-0.4, -0.2) is 31.4 Å². The highest BCUT2D eigenvalue weighted by Crippen LogP contribution is 2.26. The van der Waals surface area contributed by atoms with Crippen molar-refractivity contribution in [3.8, 4) is 0 Å². The molecule has 4 heteroatoms. The van der Waals surface area contributed by atoms with E-state index < -0.39 is 0 Å². The molecule has 0 bridgehead atoms. The first kappa shape index (κ1) is 16.8. The van der Waals surface area contributed by atoms with E-state index in [2.05, 4.69) is 26.1 Å². The van der Waals surface area contributed by atoms with Crippen LogP contribution in [0.15, 0.2) is 24.3 Å². The van der Waals surface area contributed by atoms with Crippen LogP contribution < -0.4 is 5.32 Å². The van der Waals surface area contributed by atoms with Gasteiger partial charge in [0.2, 0.25) is 0 Å². The van der Waals surface area contributed by atoms with Crippen molar-refractivity contribution in [3.63, 3.8) is 0 Å². The Kier molecular flexibility index (Phi) is 6.06. The van der Waals surface area contributed by atoms with Gasteiger partial charge in [0, 0.05) is 29.3 Å². The molecular formula is C17H26ClNO2. The molecule has 1 fully saturated rings. The van der Waals surface area contributed by atoms with Crippen LogP contribution in [0.5, 0.6) is 0 Å². The standard InChI is InChI=1S/C17H26ClNO2/c1-17(2,3)19-11-16(14-8-4-5-9-15(14)18)21-12-13-7-6-10-20-13/h4-5,8-9,13,16,19H,6-7,10-12H2,1-3H3. The first-order chi connectivity index (χ1) is 9.96. The first-order valence-corrected chi connectivity index (χ1v) is 8.06. The number of hydrogen-bond acceptors (Lipinski definition) is 3. The number of rotatable bonds is 6. The Balaban J connectivity index is 2.00. The topological polar surface area (TPSA) is 30.5 Å². The Morgan fingerprint density at radius 1 is 1.38 bits per heavy atom. The molecule has 1 saturated heterocycles. The van der Waals surface area contributed by atoms with Crippen molar-refractivity contribution >= 4 is 11.6 Å². The summed E-state index contributed by atoms with van der Waals surface area (Å²) in [6, 6.07) is 7.89. The van der Waals surface area contributed by atoms with E-state index in [1.807, 2.05) is 24.3 Å². The summed E-state index contributed by atoms with van der Waals surface area (Å²) in [6.45, 7) is 8.66. The fourth-order valence-electron chi connectivity index (χ4n) is 2.39. The van der Waals surface area contributed by atoms with E-state index >= 15 is 0 Å². The molecule has 1 aliphatic heterocycles.